The molecule has 3 aliphatic rings. The van der Waals surface area contributed by atoms with Gasteiger partial charge in [0.15, 0.2) is 0 Å². The van der Waals surface area contributed by atoms with Gasteiger partial charge in [0.2, 0.25) is 11.8 Å². The highest BCUT2D eigenvalue weighted by atomic mass is 35.5. The molecule has 1 spiro atoms. The van der Waals surface area contributed by atoms with Crippen LogP contribution in [0.15, 0.2) is 72.8 Å². The summed E-state index contributed by atoms with van der Waals surface area (Å²) in [6.45, 7) is 1.45. The SMILES string of the molecule is CNC(=O)c1ccc(Oc2ccc(CN3CCC4(CC3[C@H](O)C3CCCCC3)C(=O)NCC(=O)N4Cc3ccc(OC)cc3)cc2)cc1.Cl. The molecule has 2 unspecified atom stereocenters. The van der Waals surface area contributed by atoms with Gasteiger partial charge in [-0.3, -0.25) is 19.3 Å². The first-order valence-corrected chi connectivity index (χ1v) is 17.0. The van der Waals surface area contributed by atoms with Crippen LogP contribution in [0.5, 0.6) is 17.2 Å². The van der Waals surface area contributed by atoms with Gasteiger partial charge in [0.05, 0.1) is 19.8 Å². The second kappa shape index (κ2) is 16.1. The normalized spacial score (nSPS) is 22.2. The maximum atomic E-state index is 13.8. The Morgan fingerprint density at radius 2 is 1.51 bits per heavy atom. The van der Waals surface area contributed by atoms with Crippen molar-refractivity contribution in [3.05, 3.63) is 89.5 Å². The molecule has 262 valence electrons. The van der Waals surface area contributed by atoms with Crippen LogP contribution >= 0.6 is 12.4 Å². The lowest BCUT2D eigenvalue weighted by atomic mass is 9.73. The molecule has 1 saturated carbocycles. The Hall–Kier alpha value is -4.12. The lowest BCUT2D eigenvalue weighted by Crippen LogP contribution is -2.72. The molecule has 10 nitrogen and oxygen atoms in total. The van der Waals surface area contributed by atoms with Gasteiger partial charge in [0.25, 0.3) is 5.91 Å². The number of nitrogens with one attached hydrogen (secondary N) is 2. The van der Waals surface area contributed by atoms with Gasteiger partial charge in [0, 0.05) is 38.3 Å². The fraction of sp³-hybridized carbons (Fsp3) is 0.447. The van der Waals surface area contributed by atoms with Gasteiger partial charge >= 0.3 is 0 Å². The number of methoxy groups -OCH3 is 1. The number of halogens is 1. The van der Waals surface area contributed by atoms with Crippen LogP contribution in [0.25, 0.3) is 0 Å². The Morgan fingerprint density at radius 3 is 2.12 bits per heavy atom. The van der Waals surface area contributed by atoms with E-state index in [2.05, 4.69) is 15.5 Å². The van der Waals surface area contributed by atoms with Crippen LogP contribution in [0.3, 0.4) is 0 Å². The van der Waals surface area contributed by atoms with Crippen molar-refractivity contribution < 1.29 is 29.0 Å². The largest absolute Gasteiger partial charge is 0.497 e. The summed E-state index contributed by atoms with van der Waals surface area (Å²) in [7, 11) is 3.22. The Morgan fingerprint density at radius 1 is 0.918 bits per heavy atom. The van der Waals surface area contributed by atoms with E-state index < -0.39 is 11.6 Å². The van der Waals surface area contributed by atoms with Crippen molar-refractivity contribution in [2.75, 3.05) is 27.2 Å². The van der Waals surface area contributed by atoms with Gasteiger partial charge in [-0.05, 0) is 91.3 Å². The molecule has 0 aromatic heterocycles. The average Bonchev–Trinajstić information content (AvgIpc) is 3.13. The molecule has 49 heavy (non-hydrogen) atoms. The molecule has 0 radical (unpaired) electrons. The number of nitrogens with zero attached hydrogens (tertiary/aromatic N) is 2. The van der Waals surface area contributed by atoms with Crippen molar-refractivity contribution in [2.45, 2.75) is 75.7 Å². The molecule has 0 bridgehead atoms. The third-order valence-corrected chi connectivity index (χ3v) is 10.4. The van der Waals surface area contributed by atoms with Gasteiger partial charge < -0.3 is 30.1 Å². The molecule has 3 atom stereocenters. The fourth-order valence-electron chi connectivity index (χ4n) is 7.63. The number of carbonyl (C=O) groups excluding carboxylic acids is 3. The molecule has 6 rings (SSSR count). The highest BCUT2D eigenvalue weighted by Crippen LogP contribution is 2.40. The molecule has 11 heteroatoms. The van der Waals surface area contributed by atoms with Crippen LogP contribution in [0.4, 0.5) is 0 Å². The summed E-state index contributed by atoms with van der Waals surface area (Å²) >= 11 is 0. The minimum absolute atomic E-state index is 0. The molecule has 3 fully saturated rings. The van der Waals surface area contributed by atoms with Gasteiger partial charge in [-0.15, -0.1) is 12.4 Å². The zero-order valence-electron chi connectivity index (χ0n) is 28.2. The number of carbonyl (C=O) groups is 3. The molecule has 3 aromatic rings. The summed E-state index contributed by atoms with van der Waals surface area (Å²) in [5.74, 6) is 1.80. The number of hydrogen-bond donors (Lipinski definition) is 3. The smallest absolute Gasteiger partial charge is 0.251 e. The second-order valence-corrected chi connectivity index (χ2v) is 13.3. The molecule has 3 amide bonds. The topological polar surface area (TPSA) is 120 Å². The van der Waals surface area contributed by atoms with E-state index in [1.165, 1.54) is 6.42 Å². The van der Waals surface area contributed by atoms with Crippen LogP contribution in [-0.2, 0) is 22.7 Å². The van der Waals surface area contributed by atoms with E-state index in [9.17, 15) is 19.5 Å². The highest BCUT2D eigenvalue weighted by molar-refractivity contribution is 5.98. The Balaban J connectivity index is 0.00000468. The minimum atomic E-state index is -1.04. The van der Waals surface area contributed by atoms with E-state index in [0.717, 1.165) is 42.6 Å². The van der Waals surface area contributed by atoms with E-state index in [0.29, 0.717) is 49.5 Å². The summed E-state index contributed by atoms with van der Waals surface area (Å²) in [6.07, 6.45) is 5.53. The number of piperazine rings is 1. The number of amides is 3. The van der Waals surface area contributed by atoms with Crippen LogP contribution < -0.4 is 20.1 Å². The van der Waals surface area contributed by atoms with Crippen LogP contribution in [0.1, 0.15) is 66.4 Å². The number of benzene rings is 3. The standard InChI is InChI=1S/C38H46N4O6.ClH/c1-39-36(45)29-12-18-32(19-13-29)48-31-16-10-26(11-17-31)24-41-21-20-38(22-33(41)35(44)28-6-4-3-5-7-28)37(46)40-23-34(43)42(38)25-27-8-14-30(47-2)15-9-27;/h8-19,28,33,35,44H,3-7,20-25H2,1-2H3,(H,39,45)(H,40,46);1H/t33?,35-,38?;/m1./s1. The lowest BCUT2D eigenvalue weighted by molar-refractivity contribution is -0.163. The molecular formula is C38H47ClN4O6. The molecular weight excluding hydrogens is 644 g/mol. The Kier molecular flexibility index (Phi) is 11.9. The third-order valence-electron chi connectivity index (χ3n) is 10.4. The van der Waals surface area contributed by atoms with E-state index in [1.807, 2.05) is 48.5 Å². The minimum Gasteiger partial charge on any atom is -0.497 e. The van der Waals surface area contributed by atoms with Crippen molar-refractivity contribution in [2.24, 2.45) is 5.92 Å². The summed E-state index contributed by atoms with van der Waals surface area (Å²) in [4.78, 5) is 43.2. The van der Waals surface area contributed by atoms with Crippen LogP contribution in [-0.4, -0.2) is 77.6 Å². The number of likely N-dealkylation sites (tertiary alicyclic amines) is 1. The summed E-state index contributed by atoms with van der Waals surface area (Å²) in [5.41, 5.74) is 1.51. The predicted octanol–water partition coefficient (Wildman–Crippen LogP) is 5.07. The monoisotopic (exact) mass is 690 g/mol. The molecule has 3 aromatic carbocycles. The number of piperidine rings is 1. The molecule has 2 aliphatic heterocycles. The van der Waals surface area contributed by atoms with E-state index >= 15 is 0 Å². The maximum absolute atomic E-state index is 13.8. The van der Waals surface area contributed by atoms with Crippen molar-refractivity contribution in [3.63, 3.8) is 0 Å². The van der Waals surface area contributed by atoms with E-state index in [-0.39, 0.29) is 48.6 Å². The van der Waals surface area contributed by atoms with Crippen molar-refractivity contribution in [3.8, 4) is 17.2 Å². The number of ether oxygens (including phenoxy) is 2. The number of hydrogen-bond acceptors (Lipinski definition) is 7. The highest BCUT2D eigenvalue weighted by Gasteiger charge is 2.55. The average molecular weight is 691 g/mol. The summed E-state index contributed by atoms with van der Waals surface area (Å²) in [5, 5.41) is 17.5. The summed E-state index contributed by atoms with van der Waals surface area (Å²) < 4.78 is 11.3. The number of rotatable bonds is 10. The van der Waals surface area contributed by atoms with Crippen molar-refractivity contribution in [1.82, 2.24) is 20.4 Å². The van der Waals surface area contributed by atoms with Gasteiger partial charge in [-0.25, -0.2) is 0 Å². The zero-order valence-corrected chi connectivity index (χ0v) is 29.0. The van der Waals surface area contributed by atoms with Crippen LogP contribution in [0, 0.1) is 5.92 Å². The van der Waals surface area contributed by atoms with Gasteiger partial charge in [-0.2, -0.15) is 0 Å². The Bertz CT molecular complexity index is 1580. The first kappa shape index (κ1) is 36.2. The zero-order chi connectivity index (χ0) is 33.7. The molecule has 1 aliphatic carbocycles. The summed E-state index contributed by atoms with van der Waals surface area (Å²) in [6, 6.07) is 22.2. The van der Waals surface area contributed by atoms with E-state index in [1.54, 1.807) is 43.3 Å². The maximum Gasteiger partial charge on any atom is 0.251 e. The van der Waals surface area contributed by atoms with Gasteiger partial charge in [-0.1, -0.05) is 43.5 Å². The van der Waals surface area contributed by atoms with Crippen LogP contribution in [0.2, 0.25) is 0 Å². The second-order valence-electron chi connectivity index (χ2n) is 13.3. The van der Waals surface area contributed by atoms with E-state index in [4.69, 9.17) is 9.47 Å². The predicted molar refractivity (Wildman–Crippen MR) is 189 cm³/mol. The van der Waals surface area contributed by atoms with Crippen molar-refractivity contribution in [1.29, 1.82) is 0 Å². The van der Waals surface area contributed by atoms with Gasteiger partial charge in [0.1, 0.15) is 22.8 Å². The Labute approximate surface area is 294 Å². The molecule has 2 saturated heterocycles. The first-order chi connectivity index (χ1) is 23.3. The number of aliphatic hydroxyl groups excluding tert-OH is 1. The molecule has 2 heterocycles. The fourth-order valence-corrected chi connectivity index (χ4v) is 7.63. The third kappa shape index (κ3) is 8.03. The first-order valence-electron chi connectivity index (χ1n) is 17.0. The quantitative estimate of drug-likeness (QED) is 0.272. The lowest BCUT2D eigenvalue weighted by Gasteiger charge is -2.54. The number of aliphatic hydroxyl groups is 1. The molecule has 3 N–H and O–H groups in total. The van der Waals surface area contributed by atoms with Crippen molar-refractivity contribution >= 4 is 30.1 Å².